The molecule has 0 radical (unpaired) electrons. The van der Waals surface area contributed by atoms with Crippen molar-refractivity contribution in [3.63, 3.8) is 0 Å². The van der Waals surface area contributed by atoms with E-state index in [9.17, 15) is 0 Å². The Kier molecular flexibility index (Phi) is 7.01. The fourth-order valence-electron chi connectivity index (χ4n) is 2.42. The van der Waals surface area contributed by atoms with Gasteiger partial charge in [-0.05, 0) is 66.0 Å². The van der Waals surface area contributed by atoms with Crippen LogP contribution in [0.3, 0.4) is 0 Å². The highest BCUT2D eigenvalue weighted by Gasteiger charge is 2.20. The summed E-state index contributed by atoms with van der Waals surface area (Å²) in [4.78, 5) is 5.02. The van der Waals surface area contributed by atoms with Crippen molar-refractivity contribution in [3.05, 3.63) is 0 Å². The van der Waals surface area contributed by atoms with Gasteiger partial charge in [0.25, 0.3) is 0 Å². The number of piperidine rings is 1. The Balaban J connectivity index is 2.07. The molecule has 1 heterocycles. The lowest BCUT2D eigenvalue weighted by Crippen LogP contribution is -2.45. The van der Waals surface area contributed by atoms with Crippen molar-refractivity contribution < 1.29 is 0 Å². The van der Waals surface area contributed by atoms with Gasteiger partial charge >= 0.3 is 0 Å². The van der Waals surface area contributed by atoms with Crippen molar-refractivity contribution in [2.45, 2.75) is 38.6 Å². The average Bonchev–Trinajstić information content (AvgIpc) is 2.29. The first-order valence-electron chi connectivity index (χ1n) is 6.83. The van der Waals surface area contributed by atoms with Crippen LogP contribution in [0.25, 0.3) is 0 Å². The van der Waals surface area contributed by atoms with Crippen LogP contribution in [-0.2, 0) is 0 Å². The minimum Gasteiger partial charge on any atom is -0.317 e. The van der Waals surface area contributed by atoms with Gasteiger partial charge in [0.05, 0.1) is 0 Å². The summed E-state index contributed by atoms with van der Waals surface area (Å²) in [6.45, 7) is 8.33. The van der Waals surface area contributed by atoms with Gasteiger partial charge in [-0.15, -0.1) is 0 Å². The van der Waals surface area contributed by atoms with Crippen LogP contribution in [0.4, 0.5) is 0 Å². The van der Waals surface area contributed by atoms with E-state index in [-0.39, 0.29) is 0 Å². The van der Waals surface area contributed by atoms with E-state index >= 15 is 0 Å². The van der Waals surface area contributed by atoms with Gasteiger partial charge in [0.1, 0.15) is 0 Å². The molecule has 1 N–H and O–H groups in total. The Bertz CT molecular complexity index is 171. The van der Waals surface area contributed by atoms with Gasteiger partial charge in [-0.25, -0.2) is 0 Å². The molecule has 0 aromatic rings. The smallest absolute Gasteiger partial charge is 0.0217 e. The minimum atomic E-state index is 0.780. The van der Waals surface area contributed by atoms with E-state index in [1.54, 1.807) is 0 Å². The number of likely N-dealkylation sites (tertiary alicyclic amines) is 1. The average molecular weight is 227 g/mol. The van der Waals surface area contributed by atoms with Gasteiger partial charge < -0.3 is 15.1 Å². The van der Waals surface area contributed by atoms with E-state index in [0.717, 1.165) is 12.6 Å². The van der Waals surface area contributed by atoms with Crippen LogP contribution >= 0.6 is 0 Å². The monoisotopic (exact) mass is 227 g/mol. The predicted octanol–water partition coefficient (Wildman–Crippen LogP) is 1.40. The van der Waals surface area contributed by atoms with Crippen LogP contribution in [0.5, 0.6) is 0 Å². The molecule has 0 aromatic heterocycles. The molecule has 1 aliphatic heterocycles. The number of nitrogens with zero attached hydrogens (tertiary/aromatic N) is 2. The first-order valence-corrected chi connectivity index (χ1v) is 6.83. The predicted molar refractivity (Wildman–Crippen MR) is 70.9 cm³/mol. The van der Waals surface area contributed by atoms with Gasteiger partial charge in [-0.1, -0.05) is 6.92 Å². The number of hydrogen-bond acceptors (Lipinski definition) is 3. The Morgan fingerprint density at radius 2 is 2.12 bits per heavy atom. The molecule has 0 bridgehead atoms. The molecule has 16 heavy (non-hydrogen) atoms. The number of hydrogen-bond donors (Lipinski definition) is 1. The van der Waals surface area contributed by atoms with Gasteiger partial charge in [-0.3, -0.25) is 0 Å². The number of unbranched alkanes of at least 4 members (excludes halogenated alkanes) is 1. The minimum absolute atomic E-state index is 0.780. The van der Waals surface area contributed by atoms with E-state index < -0.39 is 0 Å². The van der Waals surface area contributed by atoms with Crippen LogP contribution in [-0.4, -0.2) is 62.7 Å². The molecule has 0 spiro atoms. The van der Waals surface area contributed by atoms with Gasteiger partial charge in [0.2, 0.25) is 0 Å². The lowest BCUT2D eigenvalue weighted by molar-refractivity contribution is 0.131. The lowest BCUT2D eigenvalue weighted by atomic mass is 10.0. The van der Waals surface area contributed by atoms with E-state index in [1.807, 2.05) is 0 Å². The molecule has 96 valence electrons. The third kappa shape index (κ3) is 5.28. The van der Waals surface area contributed by atoms with Gasteiger partial charge in [0, 0.05) is 12.6 Å². The van der Waals surface area contributed by atoms with E-state index in [4.69, 9.17) is 0 Å². The third-order valence-electron chi connectivity index (χ3n) is 3.54. The normalized spacial score (nSPS) is 22.9. The maximum absolute atomic E-state index is 3.39. The zero-order valence-electron chi connectivity index (χ0n) is 11.3. The molecule has 1 atom stereocenters. The summed E-state index contributed by atoms with van der Waals surface area (Å²) in [7, 11) is 4.42. The summed E-state index contributed by atoms with van der Waals surface area (Å²) in [6.07, 6.45) is 5.40. The summed E-state index contributed by atoms with van der Waals surface area (Å²) in [5.41, 5.74) is 0. The SMILES string of the molecule is CCNCCCCN1CCCC(N(C)C)C1. The highest BCUT2D eigenvalue weighted by molar-refractivity contribution is 4.77. The number of rotatable bonds is 7. The van der Waals surface area contributed by atoms with Crippen LogP contribution in [0.15, 0.2) is 0 Å². The molecule has 1 unspecified atom stereocenters. The molecule has 1 aliphatic rings. The van der Waals surface area contributed by atoms with Crippen molar-refractivity contribution in [3.8, 4) is 0 Å². The van der Waals surface area contributed by atoms with Crippen LogP contribution in [0.2, 0.25) is 0 Å². The summed E-state index contributed by atoms with van der Waals surface area (Å²) in [5.74, 6) is 0. The first kappa shape index (κ1) is 13.9. The molecule has 1 saturated heterocycles. The standard InChI is InChI=1S/C13H29N3/c1-4-14-9-5-6-10-16-11-7-8-13(12-16)15(2)3/h13-14H,4-12H2,1-3H3. The van der Waals surface area contributed by atoms with Gasteiger partial charge in [0.15, 0.2) is 0 Å². The third-order valence-corrected chi connectivity index (χ3v) is 3.54. The number of nitrogens with one attached hydrogen (secondary N) is 1. The largest absolute Gasteiger partial charge is 0.317 e. The van der Waals surface area contributed by atoms with Crippen molar-refractivity contribution >= 4 is 0 Å². The topological polar surface area (TPSA) is 18.5 Å². The maximum atomic E-state index is 3.39. The van der Waals surface area contributed by atoms with Crippen LogP contribution < -0.4 is 5.32 Å². The van der Waals surface area contributed by atoms with Crippen LogP contribution in [0.1, 0.15) is 32.6 Å². The molecular weight excluding hydrogens is 198 g/mol. The Morgan fingerprint density at radius 3 is 2.81 bits per heavy atom. The molecule has 0 aromatic carbocycles. The quantitative estimate of drug-likeness (QED) is 0.663. The van der Waals surface area contributed by atoms with Crippen molar-refractivity contribution in [1.82, 2.24) is 15.1 Å². The van der Waals surface area contributed by atoms with Gasteiger partial charge in [-0.2, -0.15) is 0 Å². The maximum Gasteiger partial charge on any atom is 0.0217 e. The summed E-state index contributed by atoms with van der Waals surface area (Å²) in [5, 5.41) is 3.39. The molecule has 0 aliphatic carbocycles. The summed E-state index contributed by atoms with van der Waals surface area (Å²) in [6, 6.07) is 0.780. The molecule has 0 saturated carbocycles. The van der Waals surface area contributed by atoms with Crippen molar-refractivity contribution in [1.29, 1.82) is 0 Å². The second-order valence-electron chi connectivity index (χ2n) is 5.12. The molecule has 1 fully saturated rings. The van der Waals surface area contributed by atoms with Crippen LogP contribution in [0, 0.1) is 0 Å². The van der Waals surface area contributed by atoms with E-state index in [2.05, 4.69) is 36.1 Å². The molecule has 3 nitrogen and oxygen atoms in total. The fraction of sp³-hybridized carbons (Fsp3) is 1.00. The second-order valence-corrected chi connectivity index (χ2v) is 5.12. The highest BCUT2D eigenvalue weighted by Crippen LogP contribution is 2.13. The Labute approximate surface area is 101 Å². The summed E-state index contributed by atoms with van der Waals surface area (Å²) >= 11 is 0. The first-order chi connectivity index (χ1) is 7.74. The fourth-order valence-corrected chi connectivity index (χ4v) is 2.42. The van der Waals surface area contributed by atoms with E-state index in [1.165, 1.54) is 51.9 Å². The second kappa shape index (κ2) is 8.04. The lowest BCUT2D eigenvalue weighted by Gasteiger charge is -2.36. The zero-order chi connectivity index (χ0) is 11.8. The number of likely N-dealkylation sites (N-methyl/N-ethyl adjacent to an activating group) is 1. The Hall–Kier alpha value is -0.120. The molecule has 3 heteroatoms. The molecule has 1 rings (SSSR count). The highest BCUT2D eigenvalue weighted by atomic mass is 15.2. The van der Waals surface area contributed by atoms with E-state index in [0.29, 0.717) is 0 Å². The molecular formula is C13H29N3. The Morgan fingerprint density at radius 1 is 1.31 bits per heavy atom. The zero-order valence-corrected chi connectivity index (χ0v) is 11.3. The molecule has 0 amide bonds. The summed E-state index contributed by atoms with van der Waals surface area (Å²) < 4.78 is 0. The van der Waals surface area contributed by atoms with Crippen molar-refractivity contribution in [2.24, 2.45) is 0 Å². The van der Waals surface area contributed by atoms with Crippen molar-refractivity contribution in [2.75, 3.05) is 46.8 Å².